The molecular formula is C16H16ClN3O3. The number of halogens is 1. The van der Waals surface area contributed by atoms with Crippen molar-refractivity contribution in [2.45, 2.75) is 6.92 Å². The first-order valence-corrected chi connectivity index (χ1v) is 7.70. The Morgan fingerprint density at radius 3 is 2.26 bits per heavy atom. The second kappa shape index (κ2) is 6.42. The number of nitrogens with zero attached hydrogens (tertiary/aromatic N) is 3. The summed E-state index contributed by atoms with van der Waals surface area (Å²) in [4.78, 5) is 28.1. The maximum atomic E-state index is 12.5. The van der Waals surface area contributed by atoms with E-state index in [1.165, 1.54) is 0 Å². The summed E-state index contributed by atoms with van der Waals surface area (Å²) in [7, 11) is 0. The first kappa shape index (κ1) is 15.6. The van der Waals surface area contributed by atoms with E-state index in [9.17, 15) is 9.59 Å². The Balaban J connectivity index is 1.63. The number of piperazine rings is 1. The highest BCUT2D eigenvalue weighted by Crippen LogP contribution is 2.18. The Labute approximate surface area is 138 Å². The molecule has 0 saturated carbocycles. The summed E-state index contributed by atoms with van der Waals surface area (Å²) in [6.07, 6.45) is 0. The van der Waals surface area contributed by atoms with E-state index in [0.29, 0.717) is 42.5 Å². The van der Waals surface area contributed by atoms with Crippen molar-refractivity contribution >= 4 is 23.4 Å². The Hall–Kier alpha value is -2.34. The quantitative estimate of drug-likeness (QED) is 0.845. The molecule has 23 heavy (non-hydrogen) atoms. The first-order chi connectivity index (χ1) is 11.1. The van der Waals surface area contributed by atoms with Crippen molar-refractivity contribution in [1.29, 1.82) is 0 Å². The molecule has 1 fully saturated rings. The van der Waals surface area contributed by atoms with Crippen LogP contribution in [0.1, 0.15) is 26.6 Å². The Morgan fingerprint density at radius 2 is 1.70 bits per heavy atom. The molecule has 0 radical (unpaired) electrons. The normalized spacial score (nSPS) is 14.9. The van der Waals surface area contributed by atoms with Crippen LogP contribution in [-0.2, 0) is 0 Å². The smallest absolute Gasteiger partial charge is 0.292 e. The number of hydrogen-bond acceptors (Lipinski definition) is 4. The lowest BCUT2D eigenvalue weighted by molar-refractivity contribution is 0.0513. The standard InChI is InChI=1S/C16H16ClN3O3/c1-11-10-14(23-18-11)16(22)20-8-6-19(7-9-20)15(21)12-4-2-3-5-13(12)17/h2-5,10H,6-9H2,1H3. The molecule has 2 aromatic rings. The molecule has 1 aromatic carbocycles. The fourth-order valence-electron chi connectivity index (χ4n) is 2.54. The van der Waals surface area contributed by atoms with Crippen molar-refractivity contribution in [3.8, 4) is 0 Å². The molecule has 1 saturated heterocycles. The summed E-state index contributed by atoms with van der Waals surface area (Å²) >= 11 is 6.07. The number of benzene rings is 1. The van der Waals surface area contributed by atoms with Gasteiger partial charge in [-0.05, 0) is 19.1 Å². The second-order valence-electron chi connectivity index (χ2n) is 5.40. The van der Waals surface area contributed by atoms with Gasteiger partial charge in [0.25, 0.3) is 11.8 Å². The molecule has 0 bridgehead atoms. The van der Waals surface area contributed by atoms with Gasteiger partial charge in [-0.2, -0.15) is 0 Å². The zero-order chi connectivity index (χ0) is 16.4. The zero-order valence-corrected chi connectivity index (χ0v) is 13.4. The van der Waals surface area contributed by atoms with Crippen molar-refractivity contribution in [1.82, 2.24) is 15.0 Å². The van der Waals surface area contributed by atoms with Crippen molar-refractivity contribution < 1.29 is 14.1 Å². The summed E-state index contributed by atoms with van der Waals surface area (Å²) in [5.74, 6) is -0.0815. The van der Waals surface area contributed by atoms with Crippen LogP contribution in [0.3, 0.4) is 0 Å². The third-order valence-corrected chi connectivity index (χ3v) is 4.13. The molecule has 120 valence electrons. The molecule has 2 amide bonds. The highest BCUT2D eigenvalue weighted by Gasteiger charge is 2.27. The van der Waals surface area contributed by atoms with E-state index >= 15 is 0 Å². The minimum absolute atomic E-state index is 0.113. The van der Waals surface area contributed by atoms with E-state index in [2.05, 4.69) is 5.16 Å². The predicted molar refractivity (Wildman–Crippen MR) is 84.5 cm³/mol. The zero-order valence-electron chi connectivity index (χ0n) is 12.7. The minimum Gasteiger partial charge on any atom is -0.351 e. The van der Waals surface area contributed by atoms with Crippen molar-refractivity contribution in [2.75, 3.05) is 26.2 Å². The third-order valence-electron chi connectivity index (χ3n) is 3.80. The van der Waals surface area contributed by atoms with Crippen LogP contribution in [0.25, 0.3) is 0 Å². The van der Waals surface area contributed by atoms with Crippen LogP contribution in [0.5, 0.6) is 0 Å². The lowest BCUT2D eigenvalue weighted by atomic mass is 10.1. The number of hydrogen-bond donors (Lipinski definition) is 0. The highest BCUT2D eigenvalue weighted by atomic mass is 35.5. The topological polar surface area (TPSA) is 66.7 Å². The summed E-state index contributed by atoms with van der Waals surface area (Å²) in [5.41, 5.74) is 1.15. The molecule has 3 rings (SSSR count). The highest BCUT2D eigenvalue weighted by molar-refractivity contribution is 6.33. The summed E-state index contributed by atoms with van der Waals surface area (Å²) in [5, 5.41) is 4.16. The van der Waals surface area contributed by atoms with E-state index in [-0.39, 0.29) is 17.6 Å². The van der Waals surface area contributed by atoms with Crippen molar-refractivity contribution in [3.63, 3.8) is 0 Å². The van der Waals surface area contributed by atoms with E-state index in [1.807, 2.05) is 0 Å². The van der Waals surface area contributed by atoms with E-state index in [1.54, 1.807) is 47.1 Å². The number of amides is 2. The lowest BCUT2D eigenvalue weighted by Gasteiger charge is -2.34. The average molecular weight is 334 g/mol. The number of carbonyl (C=O) groups excluding carboxylic acids is 2. The molecule has 0 aliphatic carbocycles. The van der Waals surface area contributed by atoms with Crippen LogP contribution in [0, 0.1) is 6.92 Å². The van der Waals surface area contributed by atoms with Gasteiger partial charge in [0.05, 0.1) is 16.3 Å². The SMILES string of the molecule is Cc1cc(C(=O)N2CCN(C(=O)c3ccccc3Cl)CC2)on1. The maximum Gasteiger partial charge on any atom is 0.292 e. The van der Waals surface area contributed by atoms with Gasteiger partial charge in [0.2, 0.25) is 5.76 Å². The largest absolute Gasteiger partial charge is 0.351 e. The lowest BCUT2D eigenvalue weighted by Crippen LogP contribution is -2.50. The van der Waals surface area contributed by atoms with E-state index < -0.39 is 0 Å². The molecule has 2 heterocycles. The predicted octanol–water partition coefficient (Wildman–Crippen LogP) is 2.23. The van der Waals surface area contributed by atoms with E-state index in [4.69, 9.17) is 16.1 Å². The van der Waals surface area contributed by atoms with Gasteiger partial charge in [0.1, 0.15) is 0 Å². The van der Waals surface area contributed by atoms with Crippen LogP contribution in [0.2, 0.25) is 5.02 Å². The minimum atomic E-state index is -0.199. The van der Waals surface area contributed by atoms with Gasteiger partial charge < -0.3 is 14.3 Å². The van der Waals surface area contributed by atoms with Gasteiger partial charge >= 0.3 is 0 Å². The molecule has 0 spiro atoms. The molecular weight excluding hydrogens is 318 g/mol. The van der Waals surface area contributed by atoms with Crippen LogP contribution in [0.4, 0.5) is 0 Å². The first-order valence-electron chi connectivity index (χ1n) is 7.32. The Kier molecular flexibility index (Phi) is 4.34. The van der Waals surface area contributed by atoms with Crippen LogP contribution in [0.15, 0.2) is 34.9 Å². The van der Waals surface area contributed by atoms with Gasteiger partial charge in [-0.15, -0.1) is 0 Å². The maximum absolute atomic E-state index is 12.5. The average Bonchev–Trinajstić information content (AvgIpc) is 3.01. The summed E-state index contributed by atoms with van der Waals surface area (Å²) in [6, 6.07) is 8.59. The summed E-state index contributed by atoms with van der Waals surface area (Å²) in [6.45, 7) is 3.59. The Morgan fingerprint density at radius 1 is 1.09 bits per heavy atom. The summed E-state index contributed by atoms with van der Waals surface area (Å²) < 4.78 is 5.00. The van der Waals surface area contributed by atoms with Gasteiger partial charge in [-0.1, -0.05) is 28.9 Å². The fourth-order valence-corrected chi connectivity index (χ4v) is 2.75. The molecule has 1 aliphatic rings. The number of aromatic nitrogens is 1. The third kappa shape index (κ3) is 3.22. The van der Waals surface area contributed by atoms with Gasteiger partial charge in [-0.25, -0.2) is 0 Å². The number of carbonyl (C=O) groups is 2. The van der Waals surface area contributed by atoms with Crippen molar-refractivity contribution in [3.05, 3.63) is 52.4 Å². The van der Waals surface area contributed by atoms with Gasteiger partial charge in [0, 0.05) is 32.2 Å². The molecule has 0 unspecified atom stereocenters. The van der Waals surface area contributed by atoms with Crippen LogP contribution in [-0.4, -0.2) is 52.9 Å². The Bertz CT molecular complexity index is 736. The molecule has 6 nitrogen and oxygen atoms in total. The second-order valence-corrected chi connectivity index (χ2v) is 5.80. The molecule has 1 aliphatic heterocycles. The molecule has 0 atom stereocenters. The molecule has 7 heteroatoms. The van der Waals surface area contributed by atoms with E-state index in [0.717, 1.165) is 0 Å². The van der Waals surface area contributed by atoms with Gasteiger partial charge in [-0.3, -0.25) is 9.59 Å². The van der Waals surface area contributed by atoms with Crippen molar-refractivity contribution in [2.24, 2.45) is 0 Å². The monoisotopic (exact) mass is 333 g/mol. The molecule has 1 aromatic heterocycles. The van der Waals surface area contributed by atoms with Gasteiger partial charge in [0.15, 0.2) is 0 Å². The number of rotatable bonds is 2. The molecule has 0 N–H and O–H groups in total. The number of aryl methyl sites for hydroxylation is 1. The van der Waals surface area contributed by atoms with Crippen LogP contribution < -0.4 is 0 Å². The van der Waals surface area contributed by atoms with Crippen LogP contribution >= 0.6 is 11.6 Å². The fraction of sp³-hybridized carbons (Fsp3) is 0.312.